The molecule has 0 bridgehead atoms. The normalized spacial score (nSPS) is 12.6. The Balaban J connectivity index is 1.84. The van der Waals surface area contributed by atoms with Crippen molar-refractivity contribution in [1.82, 2.24) is 10.2 Å². The molecule has 0 aliphatic heterocycles. The maximum absolute atomic E-state index is 13.7. The Kier molecular flexibility index (Phi) is 11.5. The Morgan fingerprint density at radius 3 is 2.03 bits per heavy atom. The summed E-state index contributed by atoms with van der Waals surface area (Å²) >= 11 is 8.51. The summed E-state index contributed by atoms with van der Waals surface area (Å²) in [5.41, 5.74) is 3.17. The number of amides is 2. The fraction of sp³-hybridized carbons (Fsp3) is 0.310. The second-order valence-corrected chi connectivity index (χ2v) is 11.6. The summed E-state index contributed by atoms with van der Waals surface area (Å²) in [6.07, 6.45) is 1.29. The molecule has 1 N–H and O–H groups in total. The number of nitrogens with zero attached hydrogens (tertiary/aromatic N) is 1. The van der Waals surface area contributed by atoms with Crippen LogP contribution in [0.5, 0.6) is 0 Å². The molecule has 0 saturated heterocycles. The SMILES string of the molecule is CCC(C)NC(=O)C(Cc1ccccc1)N(Cc1ccc(Br)cc1)C(=O)CSCc1ccc(Br)cc1. The van der Waals surface area contributed by atoms with Gasteiger partial charge in [-0.05, 0) is 54.3 Å². The highest BCUT2D eigenvalue weighted by molar-refractivity contribution is 9.10. The molecule has 0 radical (unpaired) electrons. The molecule has 2 amide bonds. The number of thioether (sulfide) groups is 1. The smallest absolute Gasteiger partial charge is 0.243 e. The van der Waals surface area contributed by atoms with E-state index in [9.17, 15) is 9.59 Å². The quantitative estimate of drug-likeness (QED) is 0.234. The predicted molar refractivity (Wildman–Crippen MR) is 157 cm³/mol. The van der Waals surface area contributed by atoms with Crippen LogP contribution in [0.1, 0.15) is 37.0 Å². The lowest BCUT2D eigenvalue weighted by Gasteiger charge is -2.32. The Morgan fingerprint density at radius 2 is 1.44 bits per heavy atom. The van der Waals surface area contributed by atoms with Gasteiger partial charge < -0.3 is 10.2 Å². The van der Waals surface area contributed by atoms with Gasteiger partial charge in [-0.25, -0.2) is 0 Å². The summed E-state index contributed by atoms with van der Waals surface area (Å²) < 4.78 is 2.01. The molecule has 190 valence electrons. The van der Waals surface area contributed by atoms with E-state index in [0.29, 0.717) is 18.7 Å². The van der Waals surface area contributed by atoms with Crippen LogP contribution in [0, 0.1) is 0 Å². The molecular formula is C29H32Br2N2O2S. The lowest BCUT2D eigenvalue weighted by molar-refractivity contribution is -0.139. The third-order valence-corrected chi connectivity index (χ3v) is 7.99. The molecule has 2 atom stereocenters. The molecule has 0 fully saturated rings. The first-order valence-electron chi connectivity index (χ1n) is 12.1. The number of rotatable bonds is 12. The lowest BCUT2D eigenvalue weighted by Crippen LogP contribution is -2.52. The van der Waals surface area contributed by atoms with Gasteiger partial charge in [-0.1, -0.05) is 93.4 Å². The second kappa shape index (κ2) is 14.6. The van der Waals surface area contributed by atoms with Crippen molar-refractivity contribution >= 4 is 55.4 Å². The van der Waals surface area contributed by atoms with E-state index in [4.69, 9.17) is 0 Å². The summed E-state index contributed by atoms with van der Waals surface area (Å²) in [7, 11) is 0. The van der Waals surface area contributed by atoms with Crippen LogP contribution in [0.3, 0.4) is 0 Å². The van der Waals surface area contributed by atoms with Gasteiger partial charge in [0.05, 0.1) is 5.75 Å². The molecule has 4 nitrogen and oxygen atoms in total. The average Bonchev–Trinajstić information content (AvgIpc) is 2.88. The number of halogens is 2. The number of hydrogen-bond donors (Lipinski definition) is 1. The minimum absolute atomic E-state index is 0.0344. The maximum Gasteiger partial charge on any atom is 0.243 e. The molecule has 0 aliphatic rings. The van der Waals surface area contributed by atoms with E-state index in [1.807, 2.05) is 80.6 Å². The molecular weight excluding hydrogens is 600 g/mol. The topological polar surface area (TPSA) is 49.4 Å². The van der Waals surface area contributed by atoms with Crippen molar-refractivity contribution in [3.8, 4) is 0 Å². The molecule has 2 unspecified atom stereocenters. The number of hydrogen-bond acceptors (Lipinski definition) is 3. The Labute approximate surface area is 235 Å². The van der Waals surface area contributed by atoms with E-state index in [-0.39, 0.29) is 17.9 Å². The average molecular weight is 632 g/mol. The van der Waals surface area contributed by atoms with Gasteiger partial charge in [-0.2, -0.15) is 0 Å². The zero-order chi connectivity index (χ0) is 25.9. The number of carbonyl (C=O) groups is 2. The minimum Gasteiger partial charge on any atom is -0.352 e. The predicted octanol–water partition coefficient (Wildman–Crippen LogP) is 7.00. The third-order valence-electron chi connectivity index (χ3n) is 5.95. The van der Waals surface area contributed by atoms with Gasteiger partial charge in [0.2, 0.25) is 11.8 Å². The highest BCUT2D eigenvalue weighted by Gasteiger charge is 2.30. The fourth-order valence-electron chi connectivity index (χ4n) is 3.70. The van der Waals surface area contributed by atoms with E-state index < -0.39 is 6.04 Å². The minimum atomic E-state index is -0.606. The van der Waals surface area contributed by atoms with Crippen molar-refractivity contribution in [2.24, 2.45) is 0 Å². The highest BCUT2D eigenvalue weighted by Crippen LogP contribution is 2.20. The van der Waals surface area contributed by atoms with E-state index in [1.54, 1.807) is 16.7 Å². The molecule has 36 heavy (non-hydrogen) atoms. The second-order valence-electron chi connectivity index (χ2n) is 8.79. The first-order chi connectivity index (χ1) is 17.4. The van der Waals surface area contributed by atoms with Gasteiger partial charge in [-0.15, -0.1) is 11.8 Å². The van der Waals surface area contributed by atoms with Crippen LogP contribution in [0.15, 0.2) is 87.8 Å². The molecule has 0 spiro atoms. The van der Waals surface area contributed by atoms with Crippen molar-refractivity contribution in [2.45, 2.75) is 51.1 Å². The molecule has 0 aliphatic carbocycles. The van der Waals surface area contributed by atoms with E-state index in [1.165, 1.54) is 0 Å². The fourth-order valence-corrected chi connectivity index (χ4v) is 5.10. The molecule has 0 aromatic heterocycles. The first-order valence-corrected chi connectivity index (χ1v) is 14.8. The maximum atomic E-state index is 13.7. The molecule has 0 heterocycles. The summed E-state index contributed by atoms with van der Waals surface area (Å²) in [6, 6.07) is 25.4. The van der Waals surface area contributed by atoms with Crippen LogP contribution >= 0.6 is 43.6 Å². The summed E-state index contributed by atoms with van der Waals surface area (Å²) in [6.45, 7) is 4.41. The summed E-state index contributed by atoms with van der Waals surface area (Å²) in [5.74, 6) is 0.874. The number of nitrogens with one attached hydrogen (secondary N) is 1. The van der Waals surface area contributed by atoms with Crippen LogP contribution in [-0.4, -0.2) is 34.6 Å². The van der Waals surface area contributed by atoms with Crippen molar-refractivity contribution in [2.75, 3.05) is 5.75 Å². The van der Waals surface area contributed by atoms with Gasteiger partial charge in [-0.3, -0.25) is 9.59 Å². The van der Waals surface area contributed by atoms with Crippen LogP contribution in [0.2, 0.25) is 0 Å². The van der Waals surface area contributed by atoms with Crippen LogP contribution in [0.4, 0.5) is 0 Å². The Hall–Kier alpha value is -2.09. The highest BCUT2D eigenvalue weighted by atomic mass is 79.9. The number of carbonyl (C=O) groups excluding carboxylic acids is 2. The van der Waals surface area contributed by atoms with Gasteiger partial charge >= 0.3 is 0 Å². The summed E-state index contributed by atoms with van der Waals surface area (Å²) in [5, 5.41) is 3.12. The summed E-state index contributed by atoms with van der Waals surface area (Å²) in [4.78, 5) is 28.9. The molecule has 3 rings (SSSR count). The first kappa shape index (κ1) is 28.5. The standard InChI is InChI=1S/C29H32Br2N2O2S/c1-3-21(2)32-29(35)27(17-22-7-5-4-6-8-22)33(18-23-9-13-25(30)14-10-23)28(34)20-36-19-24-11-15-26(31)16-12-24/h4-16,21,27H,3,17-20H2,1-2H3,(H,32,35). The van der Waals surface area contributed by atoms with Crippen LogP contribution in [0.25, 0.3) is 0 Å². The van der Waals surface area contributed by atoms with Crippen LogP contribution in [-0.2, 0) is 28.3 Å². The molecule has 3 aromatic carbocycles. The molecule has 3 aromatic rings. The lowest BCUT2D eigenvalue weighted by atomic mass is 10.0. The zero-order valence-corrected chi connectivity index (χ0v) is 24.6. The largest absolute Gasteiger partial charge is 0.352 e. The Morgan fingerprint density at radius 1 is 0.861 bits per heavy atom. The van der Waals surface area contributed by atoms with Gasteiger partial charge in [0.25, 0.3) is 0 Å². The van der Waals surface area contributed by atoms with Crippen LogP contribution < -0.4 is 5.32 Å². The van der Waals surface area contributed by atoms with E-state index in [0.717, 1.165) is 37.8 Å². The van der Waals surface area contributed by atoms with Gasteiger partial charge in [0.1, 0.15) is 6.04 Å². The van der Waals surface area contributed by atoms with Crippen molar-refractivity contribution < 1.29 is 9.59 Å². The van der Waals surface area contributed by atoms with Crippen molar-refractivity contribution in [3.05, 3.63) is 104 Å². The Bertz CT molecular complexity index is 1110. The molecule has 7 heteroatoms. The monoisotopic (exact) mass is 630 g/mol. The zero-order valence-electron chi connectivity index (χ0n) is 20.6. The van der Waals surface area contributed by atoms with Gasteiger partial charge in [0, 0.05) is 33.7 Å². The molecule has 0 saturated carbocycles. The van der Waals surface area contributed by atoms with E-state index >= 15 is 0 Å². The van der Waals surface area contributed by atoms with Crippen molar-refractivity contribution in [3.63, 3.8) is 0 Å². The number of benzene rings is 3. The van der Waals surface area contributed by atoms with Gasteiger partial charge in [0.15, 0.2) is 0 Å². The van der Waals surface area contributed by atoms with E-state index in [2.05, 4.69) is 49.3 Å². The van der Waals surface area contributed by atoms with Crippen molar-refractivity contribution in [1.29, 1.82) is 0 Å². The third kappa shape index (κ3) is 9.09.